The van der Waals surface area contributed by atoms with Gasteiger partial charge in [0.15, 0.2) is 0 Å². The Morgan fingerprint density at radius 2 is 2.00 bits per heavy atom. The van der Waals surface area contributed by atoms with E-state index in [-0.39, 0.29) is 6.61 Å². The molecule has 0 aliphatic rings. The number of carboxylic acid groups (broad SMARTS) is 1. The van der Waals surface area contributed by atoms with Crippen LogP contribution in [0.4, 0.5) is 13.2 Å². The largest absolute Gasteiger partial charge is 0.481 e. The molecule has 0 bridgehead atoms. The van der Waals surface area contributed by atoms with Gasteiger partial charge in [-0.2, -0.15) is 13.2 Å². The summed E-state index contributed by atoms with van der Waals surface area (Å²) < 4.78 is 41.6. The fraction of sp³-hybridized carbons (Fsp3) is 0.875. The van der Waals surface area contributed by atoms with Gasteiger partial charge in [0.2, 0.25) is 0 Å². The second kappa shape index (κ2) is 5.19. The normalized spacial score (nSPS) is 16.4. The van der Waals surface area contributed by atoms with Crippen molar-refractivity contribution in [3.63, 3.8) is 0 Å². The maximum atomic E-state index is 12.3. The third kappa shape index (κ3) is 4.45. The van der Waals surface area contributed by atoms with E-state index in [0.29, 0.717) is 0 Å². The van der Waals surface area contributed by atoms with E-state index in [4.69, 9.17) is 5.11 Å². The second-order valence-electron chi connectivity index (χ2n) is 3.18. The summed E-state index contributed by atoms with van der Waals surface area (Å²) in [6.45, 7) is 1.22. The molecular weight excluding hydrogens is 201 g/mol. The van der Waals surface area contributed by atoms with Crippen LogP contribution in [0.1, 0.15) is 13.3 Å². The number of methoxy groups -OCH3 is 1. The minimum Gasteiger partial charge on any atom is -0.481 e. The van der Waals surface area contributed by atoms with Gasteiger partial charge in [0.1, 0.15) is 0 Å². The van der Waals surface area contributed by atoms with E-state index in [2.05, 4.69) is 4.74 Å². The van der Waals surface area contributed by atoms with Crippen LogP contribution in [0.5, 0.6) is 0 Å². The molecule has 0 amide bonds. The first-order valence-electron chi connectivity index (χ1n) is 4.06. The van der Waals surface area contributed by atoms with Gasteiger partial charge in [-0.25, -0.2) is 0 Å². The van der Waals surface area contributed by atoms with Crippen LogP contribution < -0.4 is 0 Å². The van der Waals surface area contributed by atoms with Gasteiger partial charge in [0.25, 0.3) is 0 Å². The van der Waals surface area contributed by atoms with E-state index in [1.165, 1.54) is 14.0 Å². The Morgan fingerprint density at radius 1 is 1.50 bits per heavy atom. The SMILES string of the molecule is COCC(C)C(CC(=O)O)C(F)(F)F. The van der Waals surface area contributed by atoms with Crippen molar-refractivity contribution in [3.05, 3.63) is 0 Å². The van der Waals surface area contributed by atoms with E-state index in [1.54, 1.807) is 0 Å². The number of aliphatic carboxylic acids is 1. The molecule has 0 aromatic heterocycles. The van der Waals surface area contributed by atoms with E-state index >= 15 is 0 Å². The van der Waals surface area contributed by atoms with E-state index in [0.717, 1.165) is 0 Å². The predicted octanol–water partition coefficient (Wildman–Crippen LogP) is 1.92. The summed E-state index contributed by atoms with van der Waals surface area (Å²) in [7, 11) is 1.28. The number of carboxylic acids is 1. The lowest BCUT2D eigenvalue weighted by molar-refractivity contribution is -0.197. The summed E-state index contributed by atoms with van der Waals surface area (Å²) in [6, 6.07) is 0. The number of alkyl halides is 3. The van der Waals surface area contributed by atoms with E-state index in [1.807, 2.05) is 0 Å². The first-order chi connectivity index (χ1) is 6.29. The minimum absolute atomic E-state index is 0.0997. The Labute approximate surface area is 79.9 Å². The Hall–Kier alpha value is -0.780. The maximum Gasteiger partial charge on any atom is 0.392 e. The summed E-state index contributed by atoms with van der Waals surface area (Å²) >= 11 is 0. The van der Waals surface area contributed by atoms with Gasteiger partial charge < -0.3 is 9.84 Å². The van der Waals surface area contributed by atoms with Gasteiger partial charge in [-0.15, -0.1) is 0 Å². The average Bonchev–Trinajstić information content (AvgIpc) is 1.98. The molecule has 0 fully saturated rings. The third-order valence-corrected chi connectivity index (χ3v) is 1.93. The van der Waals surface area contributed by atoms with Crippen molar-refractivity contribution in [2.75, 3.05) is 13.7 Å². The van der Waals surface area contributed by atoms with Crippen molar-refractivity contribution in [3.8, 4) is 0 Å². The van der Waals surface area contributed by atoms with Gasteiger partial charge in [0, 0.05) is 13.7 Å². The summed E-state index contributed by atoms with van der Waals surface area (Å²) in [6.07, 6.45) is -5.40. The van der Waals surface area contributed by atoms with Gasteiger partial charge in [-0.3, -0.25) is 4.79 Å². The van der Waals surface area contributed by atoms with Crippen molar-refractivity contribution >= 4 is 5.97 Å². The zero-order chi connectivity index (χ0) is 11.4. The molecular formula is C8H13F3O3. The van der Waals surface area contributed by atoms with Crippen LogP contribution in [0.25, 0.3) is 0 Å². The van der Waals surface area contributed by atoms with Crippen LogP contribution >= 0.6 is 0 Å². The predicted molar refractivity (Wildman–Crippen MR) is 42.8 cm³/mol. The van der Waals surface area contributed by atoms with Crippen molar-refractivity contribution in [1.29, 1.82) is 0 Å². The van der Waals surface area contributed by atoms with Crippen LogP contribution in [0, 0.1) is 11.8 Å². The zero-order valence-electron chi connectivity index (χ0n) is 7.97. The Balaban J connectivity index is 4.46. The quantitative estimate of drug-likeness (QED) is 0.760. The van der Waals surface area contributed by atoms with Gasteiger partial charge in [0.05, 0.1) is 12.3 Å². The minimum atomic E-state index is -4.49. The smallest absolute Gasteiger partial charge is 0.392 e. The summed E-state index contributed by atoms with van der Waals surface area (Å²) in [5.41, 5.74) is 0. The Kier molecular flexibility index (Phi) is 4.90. The Bertz CT molecular complexity index is 191. The molecule has 0 saturated heterocycles. The molecule has 0 spiro atoms. The number of carbonyl (C=O) groups is 1. The molecule has 0 rings (SSSR count). The van der Waals surface area contributed by atoms with Crippen molar-refractivity contribution in [2.45, 2.75) is 19.5 Å². The molecule has 0 aromatic carbocycles. The van der Waals surface area contributed by atoms with Crippen molar-refractivity contribution in [1.82, 2.24) is 0 Å². The lowest BCUT2D eigenvalue weighted by Crippen LogP contribution is -2.33. The first-order valence-corrected chi connectivity index (χ1v) is 4.06. The molecule has 14 heavy (non-hydrogen) atoms. The van der Waals surface area contributed by atoms with Gasteiger partial charge in [-0.05, 0) is 5.92 Å². The third-order valence-electron chi connectivity index (χ3n) is 1.93. The molecule has 6 heteroatoms. The fourth-order valence-electron chi connectivity index (χ4n) is 1.21. The summed E-state index contributed by atoms with van der Waals surface area (Å²) in [5, 5.41) is 8.32. The number of hydrogen-bond acceptors (Lipinski definition) is 2. The lowest BCUT2D eigenvalue weighted by Gasteiger charge is -2.24. The highest BCUT2D eigenvalue weighted by Gasteiger charge is 2.44. The summed E-state index contributed by atoms with van der Waals surface area (Å²) in [4.78, 5) is 10.2. The lowest BCUT2D eigenvalue weighted by atomic mass is 9.91. The number of hydrogen-bond donors (Lipinski definition) is 1. The number of rotatable bonds is 5. The summed E-state index contributed by atoms with van der Waals surface area (Å²) in [5.74, 6) is -4.15. The van der Waals surface area contributed by atoms with Crippen molar-refractivity contribution in [2.24, 2.45) is 11.8 Å². The molecule has 1 N–H and O–H groups in total. The molecule has 2 atom stereocenters. The molecule has 0 aromatic rings. The van der Waals surface area contributed by atoms with Crippen molar-refractivity contribution < 1.29 is 27.8 Å². The molecule has 3 nitrogen and oxygen atoms in total. The second-order valence-corrected chi connectivity index (χ2v) is 3.18. The average molecular weight is 214 g/mol. The molecule has 2 unspecified atom stereocenters. The maximum absolute atomic E-state index is 12.3. The standard InChI is InChI=1S/C8H13F3O3/c1-5(4-14-2)6(3-7(12)13)8(9,10)11/h5-6H,3-4H2,1-2H3,(H,12,13). The van der Waals surface area contributed by atoms with Crippen LogP contribution in [-0.4, -0.2) is 31.0 Å². The van der Waals surface area contributed by atoms with Crippen LogP contribution in [0.3, 0.4) is 0 Å². The molecule has 0 saturated carbocycles. The van der Waals surface area contributed by atoms with Crippen LogP contribution in [0.15, 0.2) is 0 Å². The first kappa shape index (κ1) is 13.2. The van der Waals surface area contributed by atoms with Crippen LogP contribution in [-0.2, 0) is 9.53 Å². The topological polar surface area (TPSA) is 46.5 Å². The molecule has 0 aliphatic heterocycles. The molecule has 0 heterocycles. The number of ether oxygens (including phenoxy) is 1. The molecule has 0 radical (unpaired) electrons. The highest BCUT2D eigenvalue weighted by atomic mass is 19.4. The van der Waals surface area contributed by atoms with E-state index < -0.39 is 30.4 Å². The molecule has 0 aliphatic carbocycles. The highest BCUT2D eigenvalue weighted by molar-refractivity contribution is 5.67. The monoisotopic (exact) mass is 214 g/mol. The van der Waals surface area contributed by atoms with E-state index in [9.17, 15) is 18.0 Å². The zero-order valence-corrected chi connectivity index (χ0v) is 7.97. The number of halogens is 3. The van der Waals surface area contributed by atoms with Gasteiger partial charge in [-0.1, -0.05) is 6.92 Å². The Morgan fingerprint density at radius 3 is 2.29 bits per heavy atom. The van der Waals surface area contributed by atoms with Gasteiger partial charge >= 0.3 is 12.1 Å². The molecule has 84 valence electrons. The fourth-order valence-corrected chi connectivity index (χ4v) is 1.21. The van der Waals surface area contributed by atoms with Crippen LogP contribution in [0.2, 0.25) is 0 Å². The highest BCUT2D eigenvalue weighted by Crippen LogP contribution is 2.34.